The summed E-state index contributed by atoms with van der Waals surface area (Å²) in [6.45, 7) is 6.21. The molecule has 0 radical (unpaired) electrons. The maximum Gasteiger partial charge on any atom is 0.321 e. The van der Waals surface area contributed by atoms with E-state index in [1.54, 1.807) is 6.08 Å². The molecule has 1 fully saturated rings. The molecule has 1 unspecified atom stereocenters. The van der Waals surface area contributed by atoms with E-state index < -0.39 is 12.0 Å². The zero-order valence-electron chi connectivity index (χ0n) is 7.61. The van der Waals surface area contributed by atoms with Crippen LogP contribution < -0.4 is 0 Å². The molecule has 0 saturated carbocycles. The summed E-state index contributed by atoms with van der Waals surface area (Å²) in [6.07, 6.45) is 2.14. The molecular formula is C9H15NO3. The van der Waals surface area contributed by atoms with E-state index in [-0.39, 0.29) is 0 Å². The van der Waals surface area contributed by atoms with Crippen LogP contribution in [0.5, 0.6) is 0 Å². The molecule has 1 N–H and O–H groups in total. The van der Waals surface area contributed by atoms with Crippen molar-refractivity contribution in [3.63, 3.8) is 0 Å². The predicted octanol–water partition coefficient (Wildman–Crippen LogP) is 0.348. The molecule has 0 bridgehead atoms. The first-order valence-electron chi connectivity index (χ1n) is 4.41. The Morgan fingerprint density at radius 3 is 2.69 bits per heavy atom. The van der Waals surface area contributed by atoms with Gasteiger partial charge in [-0.15, -0.1) is 6.58 Å². The summed E-state index contributed by atoms with van der Waals surface area (Å²) in [5.41, 5.74) is 0. The molecular weight excluding hydrogens is 170 g/mol. The van der Waals surface area contributed by atoms with Crippen LogP contribution in [0, 0.1) is 0 Å². The molecule has 0 aromatic rings. The minimum atomic E-state index is -0.776. The van der Waals surface area contributed by atoms with E-state index in [9.17, 15) is 4.79 Å². The van der Waals surface area contributed by atoms with Crippen LogP contribution in [0.25, 0.3) is 0 Å². The van der Waals surface area contributed by atoms with Crippen LogP contribution in [-0.4, -0.2) is 48.3 Å². The van der Waals surface area contributed by atoms with Crippen molar-refractivity contribution in [3.8, 4) is 0 Å². The Morgan fingerprint density at radius 1 is 1.62 bits per heavy atom. The molecule has 1 saturated heterocycles. The van der Waals surface area contributed by atoms with E-state index in [2.05, 4.69) is 6.58 Å². The van der Waals surface area contributed by atoms with Crippen molar-refractivity contribution in [1.82, 2.24) is 4.90 Å². The fourth-order valence-electron chi connectivity index (χ4n) is 1.45. The minimum Gasteiger partial charge on any atom is -0.480 e. The Kier molecular flexibility index (Phi) is 3.92. The molecule has 4 heteroatoms. The van der Waals surface area contributed by atoms with Crippen LogP contribution in [0.1, 0.15) is 6.42 Å². The molecule has 0 spiro atoms. The number of carboxylic acid groups (broad SMARTS) is 1. The van der Waals surface area contributed by atoms with Crippen molar-refractivity contribution in [2.45, 2.75) is 12.5 Å². The molecule has 0 amide bonds. The van der Waals surface area contributed by atoms with Crippen molar-refractivity contribution in [2.24, 2.45) is 0 Å². The van der Waals surface area contributed by atoms with Crippen LogP contribution in [0.2, 0.25) is 0 Å². The number of carboxylic acids is 1. The van der Waals surface area contributed by atoms with Gasteiger partial charge in [-0.05, 0) is 6.42 Å². The number of nitrogens with zero attached hydrogens (tertiary/aromatic N) is 1. The standard InChI is InChI=1S/C9H15NO3/c1-2-3-8(9(11)12)10-4-6-13-7-5-10/h2,8H,1,3-7H2,(H,11,12). The molecule has 0 aromatic carbocycles. The molecule has 1 aliphatic rings. The lowest BCUT2D eigenvalue weighted by atomic mass is 10.1. The Hall–Kier alpha value is -0.870. The van der Waals surface area contributed by atoms with Gasteiger partial charge < -0.3 is 9.84 Å². The van der Waals surface area contributed by atoms with Crippen molar-refractivity contribution in [2.75, 3.05) is 26.3 Å². The molecule has 13 heavy (non-hydrogen) atoms. The third kappa shape index (κ3) is 2.82. The van der Waals surface area contributed by atoms with E-state index in [1.807, 2.05) is 4.90 Å². The maximum atomic E-state index is 10.9. The topological polar surface area (TPSA) is 49.8 Å². The minimum absolute atomic E-state index is 0.429. The summed E-state index contributed by atoms with van der Waals surface area (Å²) < 4.78 is 5.15. The first-order valence-corrected chi connectivity index (χ1v) is 4.41. The molecule has 0 aliphatic carbocycles. The lowest BCUT2D eigenvalue weighted by molar-refractivity contribution is -0.144. The summed E-state index contributed by atoms with van der Waals surface area (Å²) in [6, 6.07) is -0.429. The van der Waals surface area contributed by atoms with Gasteiger partial charge >= 0.3 is 5.97 Å². The highest BCUT2D eigenvalue weighted by Crippen LogP contribution is 2.08. The zero-order chi connectivity index (χ0) is 9.68. The highest BCUT2D eigenvalue weighted by atomic mass is 16.5. The van der Waals surface area contributed by atoms with Crippen LogP contribution in [-0.2, 0) is 9.53 Å². The Morgan fingerprint density at radius 2 is 2.23 bits per heavy atom. The second-order valence-corrected chi connectivity index (χ2v) is 3.03. The number of hydrogen-bond donors (Lipinski definition) is 1. The van der Waals surface area contributed by atoms with Gasteiger partial charge in [0.2, 0.25) is 0 Å². The summed E-state index contributed by atoms with van der Waals surface area (Å²) in [5.74, 6) is -0.776. The third-order valence-corrected chi connectivity index (χ3v) is 2.16. The van der Waals surface area contributed by atoms with E-state index in [0.29, 0.717) is 32.7 Å². The number of rotatable bonds is 4. The van der Waals surface area contributed by atoms with Gasteiger partial charge in [0.15, 0.2) is 0 Å². The van der Waals surface area contributed by atoms with Crippen LogP contribution in [0.4, 0.5) is 0 Å². The monoisotopic (exact) mass is 185 g/mol. The smallest absolute Gasteiger partial charge is 0.321 e. The Bertz CT molecular complexity index is 187. The van der Waals surface area contributed by atoms with Crippen LogP contribution >= 0.6 is 0 Å². The van der Waals surface area contributed by atoms with Crippen molar-refractivity contribution in [1.29, 1.82) is 0 Å². The van der Waals surface area contributed by atoms with Gasteiger partial charge in [0.1, 0.15) is 6.04 Å². The molecule has 1 heterocycles. The van der Waals surface area contributed by atoms with Gasteiger partial charge in [0, 0.05) is 13.1 Å². The number of carbonyl (C=O) groups is 1. The van der Waals surface area contributed by atoms with Gasteiger partial charge in [-0.3, -0.25) is 9.69 Å². The first kappa shape index (κ1) is 10.2. The highest BCUT2D eigenvalue weighted by molar-refractivity contribution is 5.73. The SMILES string of the molecule is C=CCC(C(=O)O)N1CCOCC1. The first-order chi connectivity index (χ1) is 6.25. The largest absolute Gasteiger partial charge is 0.480 e. The predicted molar refractivity (Wildman–Crippen MR) is 48.6 cm³/mol. The second kappa shape index (κ2) is 4.99. The highest BCUT2D eigenvalue weighted by Gasteiger charge is 2.25. The molecule has 74 valence electrons. The van der Waals surface area contributed by atoms with Gasteiger partial charge in [-0.25, -0.2) is 0 Å². The molecule has 1 atom stereocenters. The van der Waals surface area contributed by atoms with E-state index >= 15 is 0 Å². The van der Waals surface area contributed by atoms with E-state index in [1.165, 1.54) is 0 Å². The zero-order valence-corrected chi connectivity index (χ0v) is 7.61. The quantitative estimate of drug-likeness (QED) is 0.642. The average Bonchev–Trinajstić information content (AvgIpc) is 2.15. The lowest BCUT2D eigenvalue weighted by Gasteiger charge is -2.31. The van der Waals surface area contributed by atoms with Gasteiger partial charge in [-0.2, -0.15) is 0 Å². The Balaban J connectivity index is 2.51. The fraction of sp³-hybridized carbons (Fsp3) is 0.667. The normalized spacial score (nSPS) is 20.9. The third-order valence-electron chi connectivity index (χ3n) is 2.16. The second-order valence-electron chi connectivity index (χ2n) is 3.03. The van der Waals surface area contributed by atoms with Crippen LogP contribution in [0.3, 0.4) is 0 Å². The van der Waals surface area contributed by atoms with Gasteiger partial charge in [0.25, 0.3) is 0 Å². The number of ether oxygens (including phenoxy) is 1. The van der Waals surface area contributed by atoms with Crippen LogP contribution in [0.15, 0.2) is 12.7 Å². The average molecular weight is 185 g/mol. The number of hydrogen-bond acceptors (Lipinski definition) is 3. The van der Waals surface area contributed by atoms with E-state index in [4.69, 9.17) is 9.84 Å². The van der Waals surface area contributed by atoms with Gasteiger partial charge in [-0.1, -0.05) is 6.08 Å². The van der Waals surface area contributed by atoms with E-state index in [0.717, 1.165) is 0 Å². The summed E-state index contributed by atoms with van der Waals surface area (Å²) in [4.78, 5) is 12.8. The van der Waals surface area contributed by atoms with Crippen molar-refractivity contribution >= 4 is 5.97 Å². The molecule has 1 aliphatic heterocycles. The van der Waals surface area contributed by atoms with Crippen molar-refractivity contribution in [3.05, 3.63) is 12.7 Å². The molecule has 1 rings (SSSR count). The maximum absolute atomic E-state index is 10.9. The van der Waals surface area contributed by atoms with Gasteiger partial charge in [0.05, 0.1) is 13.2 Å². The molecule has 0 aromatic heterocycles. The fourth-order valence-corrected chi connectivity index (χ4v) is 1.45. The lowest BCUT2D eigenvalue weighted by Crippen LogP contribution is -2.47. The number of morpholine rings is 1. The number of aliphatic carboxylic acids is 1. The summed E-state index contributed by atoms with van der Waals surface area (Å²) >= 11 is 0. The Labute approximate surface area is 77.8 Å². The summed E-state index contributed by atoms with van der Waals surface area (Å²) in [5, 5.41) is 8.93. The summed E-state index contributed by atoms with van der Waals surface area (Å²) in [7, 11) is 0. The molecule has 4 nitrogen and oxygen atoms in total. The van der Waals surface area contributed by atoms with Crippen molar-refractivity contribution < 1.29 is 14.6 Å².